The van der Waals surface area contributed by atoms with Crippen molar-refractivity contribution in [3.05, 3.63) is 66.1 Å². The van der Waals surface area contributed by atoms with Gasteiger partial charge in [-0.1, -0.05) is 19.1 Å². The minimum atomic E-state index is -0.448. The van der Waals surface area contributed by atoms with Crippen LogP contribution < -0.4 is 9.47 Å². The molecule has 0 aliphatic carbocycles. The maximum Gasteiger partial charge on any atom is 0.293 e. The van der Waals surface area contributed by atoms with Crippen LogP contribution in [-0.2, 0) is 11.4 Å². The molecular formula is C23H23IN2O6S. The van der Waals surface area contributed by atoms with Gasteiger partial charge in [0, 0.05) is 18.2 Å². The molecule has 0 N–H and O–H groups in total. The average molecular weight is 582 g/mol. The number of carbonyl (C=O) groups excluding carboxylic acids is 2. The number of non-ortho nitro benzene ring substituents is 1. The fourth-order valence-electron chi connectivity index (χ4n) is 3.18. The van der Waals surface area contributed by atoms with Gasteiger partial charge in [-0.05, 0) is 84.0 Å². The van der Waals surface area contributed by atoms with Crippen LogP contribution in [0.5, 0.6) is 11.5 Å². The minimum absolute atomic E-state index is 0.00230. The van der Waals surface area contributed by atoms with E-state index in [9.17, 15) is 19.7 Å². The lowest BCUT2D eigenvalue weighted by Gasteiger charge is -2.19. The van der Waals surface area contributed by atoms with Gasteiger partial charge in [0.1, 0.15) is 6.61 Å². The summed E-state index contributed by atoms with van der Waals surface area (Å²) >= 11 is 3.05. The van der Waals surface area contributed by atoms with Gasteiger partial charge in [-0.15, -0.1) is 0 Å². The van der Waals surface area contributed by atoms with Crippen LogP contribution in [0.1, 0.15) is 38.3 Å². The third-order valence-corrected chi connectivity index (χ3v) is 6.67. The van der Waals surface area contributed by atoms with Crippen LogP contribution in [0.15, 0.2) is 41.3 Å². The smallest absolute Gasteiger partial charge is 0.293 e. The number of benzene rings is 2. The summed E-state index contributed by atoms with van der Waals surface area (Å²) < 4.78 is 12.5. The van der Waals surface area contributed by atoms with Gasteiger partial charge in [-0.25, -0.2) is 0 Å². The predicted octanol–water partition coefficient (Wildman–Crippen LogP) is 6.01. The van der Waals surface area contributed by atoms with Crippen LogP contribution >= 0.6 is 34.4 Å². The van der Waals surface area contributed by atoms with Gasteiger partial charge in [0.2, 0.25) is 0 Å². The van der Waals surface area contributed by atoms with E-state index < -0.39 is 4.92 Å². The van der Waals surface area contributed by atoms with Crippen LogP contribution in [0.4, 0.5) is 10.5 Å². The van der Waals surface area contributed by atoms with Crippen molar-refractivity contribution in [2.45, 2.75) is 39.8 Å². The number of carbonyl (C=O) groups is 2. The highest BCUT2D eigenvalue weighted by molar-refractivity contribution is 14.1. The quantitative estimate of drug-likeness (QED) is 0.155. The van der Waals surface area contributed by atoms with E-state index in [1.54, 1.807) is 24.3 Å². The average Bonchev–Trinajstić information content (AvgIpc) is 3.05. The van der Waals surface area contributed by atoms with Crippen molar-refractivity contribution in [1.82, 2.24) is 4.90 Å². The van der Waals surface area contributed by atoms with Crippen molar-refractivity contribution in [3.63, 3.8) is 0 Å². The highest BCUT2D eigenvalue weighted by Gasteiger charge is 2.37. The number of halogens is 1. The third kappa shape index (κ3) is 5.85. The number of imide groups is 1. The second-order valence-electron chi connectivity index (χ2n) is 7.29. The van der Waals surface area contributed by atoms with Gasteiger partial charge in [0.25, 0.3) is 16.8 Å². The molecule has 1 aliphatic heterocycles. The van der Waals surface area contributed by atoms with Crippen LogP contribution in [0.2, 0.25) is 0 Å². The van der Waals surface area contributed by atoms with E-state index in [2.05, 4.69) is 22.6 Å². The van der Waals surface area contributed by atoms with Crippen LogP contribution in [0, 0.1) is 13.7 Å². The van der Waals surface area contributed by atoms with Gasteiger partial charge in [-0.2, -0.15) is 0 Å². The van der Waals surface area contributed by atoms with Gasteiger partial charge in [-0.3, -0.25) is 24.6 Å². The molecule has 0 bridgehead atoms. The summed E-state index contributed by atoms with van der Waals surface area (Å²) in [4.78, 5) is 37.2. The Kier molecular flexibility index (Phi) is 8.35. The molecular weight excluding hydrogens is 559 g/mol. The third-order valence-electron chi connectivity index (χ3n) is 4.99. The van der Waals surface area contributed by atoms with Crippen molar-refractivity contribution < 1.29 is 24.0 Å². The molecule has 1 aliphatic rings. The van der Waals surface area contributed by atoms with E-state index >= 15 is 0 Å². The van der Waals surface area contributed by atoms with Gasteiger partial charge in [0.15, 0.2) is 11.5 Å². The van der Waals surface area contributed by atoms with Crippen LogP contribution in [-0.4, -0.2) is 33.6 Å². The Bertz CT molecular complexity index is 1120. The van der Waals surface area contributed by atoms with E-state index in [0.29, 0.717) is 40.6 Å². The number of hydrogen-bond donors (Lipinski definition) is 0. The monoisotopic (exact) mass is 582 g/mol. The number of nitrogens with zero attached hydrogens (tertiary/aromatic N) is 2. The van der Waals surface area contributed by atoms with Crippen molar-refractivity contribution in [2.75, 3.05) is 6.61 Å². The van der Waals surface area contributed by atoms with Gasteiger partial charge >= 0.3 is 0 Å². The first-order valence-corrected chi connectivity index (χ1v) is 12.2. The molecule has 2 aromatic rings. The van der Waals surface area contributed by atoms with E-state index in [-0.39, 0.29) is 29.5 Å². The zero-order valence-electron chi connectivity index (χ0n) is 18.4. The molecule has 33 heavy (non-hydrogen) atoms. The zero-order chi connectivity index (χ0) is 24.1. The minimum Gasteiger partial charge on any atom is -0.490 e. The van der Waals surface area contributed by atoms with E-state index in [1.165, 1.54) is 17.0 Å². The van der Waals surface area contributed by atoms with E-state index in [4.69, 9.17) is 9.47 Å². The number of nitro benzene ring substituents is 1. The number of hydrogen-bond acceptors (Lipinski definition) is 7. The molecule has 0 aromatic heterocycles. The molecule has 0 spiro atoms. The predicted molar refractivity (Wildman–Crippen MR) is 135 cm³/mol. The Labute approximate surface area is 209 Å². The summed E-state index contributed by atoms with van der Waals surface area (Å²) in [5, 5.41) is 10.7. The molecule has 1 atom stereocenters. The van der Waals surface area contributed by atoms with E-state index in [0.717, 1.165) is 15.3 Å². The van der Waals surface area contributed by atoms with Crippen LogP contribution in [0.3, 0.4) is 0 Å². The molecule has 3 rings (SSSR count). The summed E-state index contributed by atoms with van der Waals surface area (Å²) in [6.45, 7) is 6.16. The first-order valence-electron chi connectivity index (χ1n) is 10.3. The first kappa shape index (κ1) is 25.0. The summed E-state index contributed by atoms with van der Waals surface area (Å²) in [5.74, 6) is 0.703. The lowest BCUT2D eigenvalue weighted by atomic mass is 10.1. The van der Waals surface area contributed by atoms with E-state index in [1.807, 2.05) is 26.8 Å². The number of ether oxygens (including phenoxy) is 2. The Morgan fingerprint density at radius 2 is 1.97 bits per heavy atom. The molecule has 1 fully saturated rings. The number of nitro groups is 1. The topological polar surface area (TPSA) is 99.0 Å². The maximum atomic E-state index is 12.7. The summed E-state index contributed by atoms with van der Waals surface area (Å²) in [6, 6.07) is 9.69. The number of thioether (sulfide) groups is 1. The number of rotatable bonds is 9. The maximum absolute atomic E-state index is 12.7. The van der Waals surface area contributed by atoms with Crippen molar-refractivity contribution >= 4 is 57.3 Å². The Morgan fingerprint density at radius 1 is 1.21 bits per heavy atom. The standard InChI is InChI=1S/C23H23IN2O6S/c1-4-14(3)25-22(27)20(33-23(25)28)12-16-10-18(24)21(19(11-16)31-5-2)32-13-15-7-6-8-17(9-15)26(29)30/h6-12,14H,4-5,13H2,1-3H3/b20-12+/t14-/m1/s1. The van der Waals surface area contributed by atoms with Gasteiger partial charge in [0.05, 0.1) is 20.0 Å². The fourth-order valence-corrected chi connectivity index (χ4v) is 4.89. The molecule has 1 saturated heterocycles. The second-order valence-corrected chi connectivity index (χ2v) is 9.44. The summed E-state index contributed by atoms with van der Waals surface area (Å²) in [5.41, 5.74) is 1.36. The molecule has 0 unspecified atom stereocenters. The molecule has 0 radical (unpaired) electrons. The highest BCUT2D eigenvalue weighted by Crippen LogP contribution is 2.38. The second kappa shape index (κ2) is 11.0. The molecule has 1 heterocycles. The lowest BCUT2D eigenvalue weighted by molar-refractivity contribution is -0.384. The molecule has 174 valence electrons. The summed E-state index contributed by atoms with van der Waals surface area (Å²) in [7, 11) is 0. The first-order chi connectivity index (χ1) is 15.7. The Hall–Kier alpha value is -2.60. The van der Waals surface area contributed by atoms with Crippen molar-refractivity contribution in [3.8, 4) is 11.5 Å². The fraction of sp³-hybridized carbons (Fsp3) is 0.304. The molecule has 0 saturated carbocycles. The molecule has 2 aromatic carbocycles. The largest absolute Gasteiger partial charge is 0.490 e. The van der Waals surface area contributed by atoms with Gasteiger partial charge < -0.3 is 9.47 Å². The zero-order valence-corrected chi connectivity index (χ0v) is 21.3. The highest BCUT2D eigenvalue weighted by atomic mass is 127. The van der Waals surface area contributed by atoms with Crippen molar-refractivity contribution in [2.24, 2.45) is 0 Å². The molecule has 2 amide bonds. The Balaban J connectivity index is 1.86. The normalized spacial score (nSPS) is 15.8. The van der Waals surface area contributed by atoms with Crippen molar-refractivity contribution in [1.29, 1.82) is 0 Å². The lowest BCUT2D eigenvalue weighted by Crippen LogP contribution is -2.36. The summed E-state index contributed by atoms with van der Waals surface area (Å²) in [6.07, 6.45) is 2.37. The Morgan fingerprint density at radius 3 is 2.64 bits per heavy atom. The number of amides is 2. The van der Waals surface area contributed by atoms with Crippen LogP contribution in [0.25, 0.3) is 6.08 Å². The molecule has 10 heteroatoms. The SMILES string of the molecule is CCOc1cc(/C=C2/SC(=O)N([C@H](C)CC)C2=O)cc(I)c1OCc1cccc([N+](=O)[O-])c1. The molecule has 8 nitrogen and oxygen atoms in total.